The maximum Gasteiger partial charge on any atom is 0.257 e. The number of hydrogen-bond donors (Lipinski definition) is 1. The van der Waals surface area contributed by atoms with Crippen molar-refractivity contribution in [1.29, 1.82) is 0 Å². The van der Waals surface area contributed by atoms with E-state index in [1.807, 2.05) is 20.2 Å². The zero-order chi connectivity index (χ0) is 15.1. The van der Waals surface area contributed by atoms with Crippen LogP contribution in [0.4, 0.5) is 5.69 Å². The summed E-state index contributed by atoms with van der Waals surface area (Å²) in [4.78, 5) is 14.4. The van der Waals surface area contributed by atoms with Gasteiger partial charge in [-0.25, -0.2) is 0 Å². The predicted molar refractivity (Wildman–Crippen MR) is 86.6 cm³/mol. The van der Waals surface area contributed by atoms with Crippen molar-refractivity contribution in [3.63, 3.8) is 0 Å². The van der Waals surface area contributed by atoms with Crippen LogP contribution in [0.2, 0.25) is 0 Å². The number of carbonyl (C=O) groups excluding carboxylic acids is 1. The maximum atomic E-state index is 12.6. The third kappa shape index (κ3) is 3.82. The van der Waals surface area contributed by atoms with Crippen LogP contribution in [0.3, 0.4) is 0 Å². The Balaban J connectivity index is 3.04. The number of nitrogen functional groups attached to an aromatic ring is 1. The molecule has 1 atom stereocenters. The van der Waals surface area contributed by atoms with Crippen molar-refractivity contribution in [3.05, 3.63) is 23.8 Å². The van der Waals surface area contributed by atoms with Gasteiger partial charge in [0.2, 0.25) is 0 Å². The second-order valence-electron chi connectivity index (χ2n) is 4.59. The quantitative estimate of drug-likeness (QED) is 0.786. The second kappa shape index (κ2) is 8.04. The van der Waals surface area contributed by atoms with Crippen molar-refractivity contribution < 1.29 is 9.53 Å². The zero-order valence-corrected chi connectivity index (χ0v) is 13.5. The van der Waals surface area contributed by atoms with Gasteiger partial charge in [0.25, 0.3) is 5.91 Å². The molecule has 0 aliphatic heterocycles. The average Bonchev–Trinajstić information content (AvgIpc) is 2.45. The van der Waals surface area contributed by atoms with Crippen LogP contribution >= 0.6 is 11.8 Å². The molecule has 0 spiro atoms. The Morgan fingerprint density at radius 3 is 2.70 bits per heavy atom. The number of ether oxygens (including phenoxy) is 1. The van der Waals surface area contributed by atoms with E-state index in [4.69, 9.17) is 10.5 Å². The van der Waals surface area contributed by atoms with E-state index in [-0.39, 0.29) is 11.9 Å². The number of thioether (sulfide) groups is 1. The molecule has 5 heteroatoms. The van der Waals surface area contributed by atoms with Crippen LogP contribution in [0.15, 0.2) is 18.2 Å². The van der Waals surface area contributed by atoms with Crippen LogP contribution < -0.4 is 10.5 Å². The minimum atomic E-state index is -0.0401. The fourth-order valence-electron chi connectivity index (χ4n) is 2.08. The summed E-state index contributed by atoms with van der Waals surface area (Å²) in [6.07, 6.45) is 2.97. The molecule has 1 aromatic carbocycles. The number of anilines is 1. The summed E-state index contributed by atoms with van der Waals surface area (Å²) >= 11 is 1.74. The Bertz CT molecular complexity index is 451. The maximum absolute atomic E-state index is 12.6. The van der Waals surface area contributed by atoms with Gasteiger partial charge in [-0.3, -0.25) is 4.79 Å². The molecule has 0 radical (unpaired) electrons. The van der Waals surface area contributed by atoms with Gasteiger partial charge in [0.05, 0.1) is 17.9 Å². The zero-order valence-electron chi connectivity index (χ0n) is 12.7. The van der Waals surface area contributed by atoms with Gasteiger partial charge in [0.15, 0.2) is 5.75 Å². The van der Waals surface area contributed by atoms with Crippen LogP contribution in [0, 0.1) is 0 Å². The number of hydrogen-bond acceptors (Lipinski definition) is 4. The van der Waals surface area contributed by atoms with Gasteiger partial charge >= 0.3 is 0 Å². The Morgan fingerprint density at radius 1 is 1.45 bits per heavy atom. The SMILES string of the molecule is CCOc1c(N)cccc1C(=O)N(C)C(CC)CSC. The van der Waals surface area contributed by atoms with Crippen molar-refractivity contribution in [2.75, 3.05) is 31.4 Å². The summed E-state index contributed by atoms with van der Waals surface area (Å²) < 4.78 is 5.53. The highest BCUT2D eigenvalue weighted by atomic mass is 32.2. The molecular weight excluding hydrogens is 272 g/mol. The van der Waals surface area contributed by atoms with Crippen molar-refractivity contribution in [2.45, 2.75) is 26.3 Å². The normalized spacial score (nSPS) is 12.0. The Hall–Kier alpha value is -1.36. The second-order valence-corrected chi connectivity index (χ2v) is 5.50. The minimum absolute atomic E-state index is 0.0401. The standard InChI is InChI=1S/C15H24N2O2S/c1-5-11(10-20-4)17(3)15(18)12-8-7-9-13(16)14(12)19-6-2/h7-9,11H,5-6,10,16H2,1-4H3. The Kier molecular flexibility index (Phi) is 6.71. The molecule has 4 nitrogen and oxygen atoms in total. The summed E-state index contributed by atoms with van der Waals surface area (Å²) in [7, 11) is 1.84. The Morgan fingerprint density at radius 2 is 2.15 bits per heavy atom. The molecule has 20 heavy (non-hydrogen) atoms. The topological polar surface area (TPSA) is 55.6 Å². The number of amides is 1. The van der Waals surface area contributed by atoms with Gasteiger partial charge in [-0.15, -0.1) is 0 Å². The van der Waals surface area contributed by atoms with Crippen LogP contribution in [-0.2, 0) is 0 Å². The lowest BCUT2D eigenvalue weighted by Gasteiger charge is -2.27. The molecular formula is C15H24N2O2S. The largest absolute Gasteiger partial charge is 0.491 e. The van der Waals surface area contributed by atoms with E-state index in [0.29, 0.717) is 23.6 Å². The first-order chi connectivity index (χ1) is 9.56. The number of benzene rings is 1. The highest BCUT2D eigenvalue weighted by molar-refractivity contribution is 7.98. The molecule has 1 unspecified atom stereocenters. The molecule has 112 valence electrons. The fourth-order valence-corrected chi connectivity index (χ4v) is 2.92. The molecule has 0 saturated carbocycles. The van der Waals surface area contributed by atoms with E-state index in [0.717, 1.165) is 12.2 Å². The predicted octanol–water partition coefficient (Wildman–Crippen LogP) is 2.88. The van der Waals surface area contributed by atoms with E-state index in [1.54, 1.807) is 34.9 Å². The van der Waals surface area contributed by atoms with Gasteiger partial charge in [0.1, 0.15) is 0 Å². The minimum Gasteiger partial charge on any atom is -0.491 e. The van der Waals surface area contributed by atoms with Crippen molar-refractivity contribution in [3.8, 4) is 5.75 Å². The lowest BCUT2D eigenvalue weighted by molar-refractivity contribution is 0.0739. The number of nitrogens with two attached hydrogens (primary N) is 1. The third-order valence-corrected chi connectivity index (χ3v) is 3.98. The lowest BCUT2D eigenvalue weighted by Crippen LogP contribution is -2.38. The van der Waals surface area contributed by atoms with Crippen LogP contribution in [0.25, 0.3) is 0 Å². The molecule has 0 aliphatic carbocycles. The first-order valence-electron chi connectivity index (χ1n) is 6.84. The molecule has 0 fully saturated rings. The van der Waals surface area contributed by atoms with E-state index in [9.17, 15) is 4.79 Å². The molecule has 0 saturated heterocycles. The number of carbonyl (C=O) groups is 1. The van der Waals surface area contributed by atoms with Gasteiger partial charge in [-0.2, -0.15) is 11.8 Å². The molecule has 2 N–H and O–H groups in total. The summed E-state index contributed by atoms with van der Waals surface area (Å²) in [5.41, 5.74) is 6.95. The van der Waals surface area contributed by atoms with Gasteiger partial charge in [0, 0.05) is 18.8 Å². The lowest BCUT2D eigenvalue weighted by atomic mass is 10.1. The number of para-hydroxylation sites is 1. The first-order valence-corrected chi connectivity index (χ1v) is 8.23. The summed E-state index contributed by atoms with van der Waals surface area (Å²) in [5.74, 6) is 1.37. The molecule has 1 rings (SSSR count). The third-order valence-electron chi connectivity index (χ3n) is 3.26. The molecule has 0 aliphatic rings. The Labute approximate surface area is 125 Å². The molecule has 0 bridgehead atoms. The highest BCUT2D eigenvalue weighted by Crippen LogP contribution is 2.28. The highest BCUT2D eigenvalue weighted by Gasteiger charge is 2.23. The van der Waals surface area contributed by atoms with Crippen molar-refractivity contribution >= 4 is 23.4 Å². The van der Waals surface area contributed by atoms with Crippen molar-refractivity contribution in [2.24, 2.45) is 0 Å². The van der Waals surface area contributed by atoms with E-state index in [2.05, 4.69) is 6.92 Å². The monoisotopic (exact) mass is 296 g/mol. The first kappa shape index (κ1) is 16.7. The number of rotatable bonds is 7. The molecule has 1 amide bonds. The fraction of sp³-hybridized carbons (Fsp3) is 0.533. The molecule has 0 aromatic heterocycles. The van der Waals surface area contributed by atoms with Crippen LogP contribution in [-0.4, -0.2) is 42.5 Å². The van der Waals surface area contributed by atoms with Crippen LogP contribution in [0.5, 0.6) is 5.75 Å². The van der Waals surface area contributed by atoms with Gasteiger partial charge in [-0.1, -0.05) is 13.0 Å². The number of nitrogens with zero attached hydrogens (tertiary/aromatic N) is 1. The average molecular weight is 296 g/mol. The summed E-state index contributed by atoms with van der Waals surface area (Å²) in [5, 5.41) is 0. The molecule has 0 heterocycles. The van der Waals surface area contributed by atoms with E-state index in [1.165, 1.54) is 0 Å². The summed E-state index contributed by atoms with van der Waals surface area (Å²) in [6.45, 7) is 4.46. The van der Waals surface area contributed by atoms with E-state index < -0.39 is 0 Å². The van der Waals surface area contributed by atoms with Gasteiger partial charge in [-0.05, 0) is 31.7 Å². The molecule has 1 aromatic rings. The van der Waals surface area contributed by atoms with Crippen LogP contribution in [0.1, 0.15) is 30.6 Å². The summed E-state index contributed by atoms with van der Waals surface area (Å²) in [6, 6.07) is 5.52. The smallest absolute Gasteiger partial charge is 0.257 e. The van der Waals surface area contributed by atoms with Gasteiger partial charge < -0.3 is 15.4 Å². The van der Waals surface area contributed by atoms with Crippen molar-refractivity contribution in [1.82, 2.24) is 4.90 Å². The van der Waals surface area contributed by atoms with E-state index >= 15 is 0 Å².